The van der Waals surface area contributed by atoms with Gasteiger partial charge in [-0.25, -0.2) is 4.98 Å². The van der Waals surface area contributed by atoms with Crippen molar-refractivity contribution in [1.82, 2.24) is 14.6 Å². The predicted molar refractivity (Wildman–Crippen MR) is 110 cm³/mol. The Kier molecular flexibility index (Phi) is 5.37. The normalized spacial score (nSPS) is 18.9. The van der Waals surface area contributed by atoms with Crippen molar-refractivity contribution in [1.29, 1.82) is 0 Å². The van der Waals surface area contributed by atoms with Crippen molar-refractivity contribution >= 4 is 5.65 Å². The number of aryl methyl sites for hydroxylation is 1. The molecule has 2 atom stereocenters. The molecule has 0 amide bonds. The van der Waals surface area contributed by atoms with E-state index >= 15 is 0 Å². The molecule has 0 N–H and O–H groups in total. The van der Waals surface area contributed by atoms with Crippen molar-refractivity contribution < 1.29 is 17.9 Å². The molecule has 3 aromatic rings. The number of halogens is 3. The maximum absolute atomic E-state index is 13.2. The molecule has 4 rings (SSSR count). The fraction of sp³-hybridized carbons (Fsp3) is 0.435. The SMILES string of the molecule is COCc1cc(=O)n2nc(C3Cc4cc(C(F)(F)F)ccc4[C@H](C)C3)c(C)c(C)c2n1. The quantitative estimate of drug-likeness (QED) is 0.603. The van der Waals surface area contributed by atoms with Crippen LogP contribution >= 0.6 is 0 Å². The summed E-state index contributed by atoms with van der Waals surface area (Å²) in [4.78, 5) is 17.2. The summed E-state index contributed by atoms with van der Waals surface area (Å²) in [5.74, 6) is 0.00629. The van der Waals surface area contributed by atoms with Gasteiger partial charge in [0.2, 0.25) is 0 Å². The molecule has 0 spiro atoms. The monoisotopic (exact) mass is 431 g/mol. The molecule has 0 aliphatic heterocycles. The van der Waals surface area contributed by atoms with Crippen LogP contribution in [0.2, 0.25) is 0 Å². The fourth-order valence-electron chi connectivity index (χ4n) is 4.57. The molecule has 164 valence electrons. The minimum Gasteiger partial charge on any atom is -0.378 e. The highest BCUT2D eigenvalue weighted by molar-refractivity contribution is 5.52. The van der Waals surface area contributed by atoms with E-state index in [1.807, 2.05) is 20.8 Å². The Morgan fingerprint density at radius 1 is 1.19 bits per heavy atom. The summed E-state index contributed by atoms with van der Waals surface area (Å²) in [5, 5.41) is 4.62. The van der Waals surface area contributed by atoms with Crippen LogP contribution in [0.3, 0.4) is 0 Å². The van der Waals surface area contributed by atoms with E-state index in [1.54, 1.807) is 6.07 Å². The molecule has 8 heteroatoms. The van der Waals surface area contributed by atoms with Crippen LogP contribution in [0.15, 0.2) is 29.1 Å². The van der Waals surface area contributed by atoms with Gasteiger partial charge in [-0.15, -0.1) is 0 Å². The molecule has 2 heterocycles. The Hall–Kier alpha value is -2.74. The lowest BCUT2D eigenvalue weighted by Crippen LogP contribution is -2.25. The van der Waals surface area contributed by atoms with E-state index in [1.165, 1.54) is 23.8 Å². The van der Waals surface area contributed by atoms with Crippen molar-refractivity contribution in [2.75, 3.05) is 7.11 Å². The topological polar surface area (TPSA) is 56.5 Å². The van der Waals surface area contributed by atoms with Gasteiger partial charge in [0.15, 0.2) is 5.65 Å². The van der Waals surface area contributed by atoms with E-state index in [2.05, 4.69) is 10.1 Å². The highest BCUT2D eigenvalue weighted by atomic mass is 19.4. The first-order valence-corrected chi connectivity index (χ1v) is 10.2. The summed E-state index contributed by atoms with van der Waals surface area (Å²) >= 11 is 0. The van der Waals surface area contributed by atoms with Crippen LogP contribution in [0.25, 0.3) is 5.65 Å². The number of fused-ring (bicyclic) bond motifs is 2. The molecule has 1 aliphatic carbocycles. The van der Waals surface area contributed by atoms with Gasteiger partial charge >= 0.3 is 6.18 Å². The standard InChI is InChI=1S/C23H24F3N3O2/c1-12-7-16(8-15-9-17(23(24,25)26)5-6-19(12)15)21-13(2)14(3)22-27-18(11-31-4)10-20(30)29(22)28-21/h5-6,9-10,12,16H,7-8,11H2,1-4H3/t12-,16?/m1/s1. The first-order valence-electron chi connectivity index (χ1n) is 10.2. The number of aromatic nitrogens is 3. The molecule has 0 saturated carbocycles. The van der Waals surface area contributed by atoms with Crippen molar-refractivity contribution in [2.45, 2.75) is 58.2 Å². The van der Waals surface area contributed by atoms with Crippen LogP contribution in [0, 0.1) is 13.8 Å². The smallest absolute Gasteiger partial charge is 0.378 e. The number of nitrogens with zero attached hydrogens (tertiary/aromatic N) is 3. The molecule has 0 radical (unpaired) electrons. The Balaban J connectivity index is 1.81. The fourth-order valence-corrected chi connectivity index (χ4v) is 4.57. The van der Waals surface area contributed by atoms with Gasteiger partial charge in [0.05, 0.1) is 23.6 Å². The molecule has 1 aliphatic rings. The largest absolute Gasteiger partial charge is 0.416 e. The van der Waals surface area contributed by atoms with Gasteiger partial charge in [0.1, 0.15) is 0 Å². The van der Waals surface area contributed by atoms with Crippen LogP contribution in [-0.2, 0) is 23.9 Å². The number of hydrogen-bond acceptors (Lipinski definition) is 4. The lowest BCUT2D eigenvalue weighted by atomic mass is 9.75. The van der Waals surface area contributed by atoms with Crippen LogP contribution in [0.5, 0.6) is 0 Å². The lowest BCUT2D eigenvalue weighted by Gasteiger charge is -2.31. The first kappa shape index (κ1) is 21.5. The number of benzene rings is 1. The Morgan fingerprint density at radius 2 is 1.94 bits per heavy atom. The highest BCUT2D eigenvalue weighted by Crippen LogP contribution is 2.42. The molecule has 0 fully saturated rings. The van der Waals surface area contributed by atoms with Gasteiger partial charge in [0.25, 0.3) is 5.56 Å². The average molecular weight is 431 g/mol. The molecule has 31 heavy (non-hydrogen) atoms. The van der Waals surface area contributed by atoms with E-state index in [0.29, 0.717) is 23.3 Å². The molecule has 0 bridgehead atoms. The first-order chi connectivity index (χ1) is 14.6. The average Bonchev–Trinajstić information content (AvgIpc) is 2.70. The van der Waals surface area contributed by atoms with Gasteiger partial charge in [-0.2, -0.15) is 22.8 Å². The third-order valence-corrected chi connectivity index (χ3v) is 6.22. The van der Waals surface area contributed by atoms with Gasteiger partial charge in [-0.3, -0.25) is 4.79 Å². The number of rotatable bonds is 3. The van der Waals surface area contributed by atoms with Crippen LogP contribution in [0.1, 0.15) is 64.4 Å². The van der Waals surface area contributed by atoms with Crippen molar-refractivity contribution in [3.05, 3.63) is 73.8 Å². The third-order valence-electron chi connectivity index (χ3n) is 6.22. The van der Waals surface area contributed by atoms with E-state index in [4.69, 9.17) is 4.74 Å². The van der Waals surface area contributed by atoms with E-state index in [9.17, 15) is 18.0 Å². The van der Waals surface area contributed by atoms with Crippen LogP contribution < -0.4 is 5.56 Å². The van der Waals surface area contributed by atoms with E-state index < -0.39 is 11.7 Å². The summed E-state index contributed by atoms with van der Waals surface area (Å²) in [6.07, 6.45) is -3.18. The van der Waals surface area contributed by atoms with E-state index in [0.717, 1.165) is 34.9 Å². The summed E-state index contributed by atoms with van der Waals surface area (Å²) < 4.78 is 46.1. The van der Waals surface area contributed by atoms with Crippen LogP contribution in [0.4, 0.5) is 13.2 Å². The summed E-state index contributed by atoms with van der Waals surface area (Å²) in [5.41, 5.74) is 4.20. The number of methoxy groups -OCH3 is 1. The van der Waals surface area contributed by atoms with Crippen LogP contribution in [-0.4, -0.2) is 21.7 Å². The van der Waals surface area contributed by atoms with Gasteiger partial charge < -0.3 is 4.74 Å². The Labute approximate surface area is 177 Å². The molecule has 1 aromatic carbocycles. The van der Waals surface area contributed by atoms with E-state index in [-0.39, 0.29) is 24.0 Å². The van der Waals surface area contributed by atoms with Crippen molar-refractivity contribution in [2.24, 2.45) is 0 Å². The minimum atomic E-state index is -4.38. The van der Waals surface area contributed by atoms with Gasteiger partial charge in [-0.05, 0) is 67.0 Å². The maximum atomic E-state index is 13.2. The van der Waals surface area contributed by atoms with Gasteiger partial charge in [0, 0.05) is 19.1 Å². The van der Waals surface area contributed by atoms with Crippen molar-refractivity contribution in [3.8, 4) is 0 Å². The molecule has 2 aromatic heterocycles. The third kappa shape index (κ3) is 3.84. The van der Waals surface area contributed by atoms with Crippen molar-refractivity contribution in [3.63, 3.8) is 0 Å². The molecular formula is C23H24F3N3O2. The zero-order valence-corrected chi connectivity index (χ0v) is 17.9. The highest BCUT2D eigenvalue weighted by Gasteiger charge is 2.34. The molecule has 5 nitrogen and oxygen atoms in total. The summed E-state index contributed by atoms with van der Waals surface area (Å²) in [6, 6.07) is 5.40. The zero-order chi connectivity index (χ0) is 22.5. The number of ether oxygens (including phenoxy) is 1. The second kappa shape index (κ2) is 7.75. The summed E-state index contributed by atoms with van der Waals surface area (Å²) in [7, 11) is 1.54. The predicted octanol–water partition coefficient (Wildman–Crippen LogP) is 4.71. The summed E-state index contributed by atoms with van der Waals surface area (Å²) in [6.45, 7) is 6.07. The zero-order valence-electron chi connectivity index (χ0n) is 17.9. The van der Waals surface area contributed by atoms with Gasteiger partial charge in [-0.1, -0.05) is 13.0 Å². The second-order valence-corrected chi connectivity index (χ2v) is 8.34. The maximum Gasteiger partial charge on any atom is 0.416 e. The second-order valence-electron chi connectivity index (χ2n) is 8.34. The minimum absolute atomic E-state index is 0.0837. The lowest BCUT2D eigenvalue weighted by molar-refractivity contribution is -0.137. The number of hydrogen-bond donors (Lipinski definition) is 0. The molecule has 1 unspecified atom stereocenters. The number of alkyl halides is 3. The molecule has 0 saturated heterocycles. The Bertz CT molecular complexity index is 1220. The molecular weight excluding hydrogens is 407 g/mol. The Morgan fingerprint density at radius 3 is 2.61 bits per heavy atom.